The summed E-state index contributed by atoms with van der Waals surface area (Å²) >= 11 is 0. The van der Waals surface area contributed by atoms with Gasteiger partial charge < -0.3 is 5.32 Å². The Kier molecular flexibility index (Phi) is 4.17. The SMILES string of the molecule is CC1CCCS(=O)(=O)c2cc(C(=O)Nc3ccncc3)ccc21. The summed E-state index contributed by atoms with van der Waals surface area (Å²) in [7, 11) is -3.33. The van der Waals surface area contributed by atoms with Crippen molar-refractivity contribution in [2.45, 2.75) is 30.6 Å². The van der Waals surface area contributed by atoms with Crippen LogP contribution in [0.15, 0.2) is 47.6 Å². The van der Waals surface area contributed by atoms with Crippen molar-refractivity contribution in [3.8, 4) is 0 Å². The van der Waals surface area contributed by atoms with E-state index in [9.17, 15) is 13.2 Å². The highest BCUT2D eigenvalue weighted by Crippen LogP contribution is 2.33. The number of anilines is 1. The molecule has 0 aliphatic carbocycles. The summed E-state index contributed by atoms with van der Waals surface area (Å²) < 4.78 is 24.9. The molecule has 5 nitrogen and oxygen atoms in total. The van der Waals surface area contributed by atoms with Crippen molar-refractivity contribution in [1.82, 2.24) is 4.98 Å². The van der Waals surface area contributed by atoms with Gasteiger partial charge >= 0.3 is 0 Å². The maximum Gasteiger partial charge on any atom is 0.255 e. The lowest BCUT2D eigenvalue weighted by Gasteiger charge is -2.13. The van der Waals surface area contributed by atoms with Crippen LogP contribution in [0.25, 0.3) is 0 Å². The second-order valence-electron chi connectivity index (χ2n) is 5.80. The van der Waals surface area contributed by atoms with Crippen LogP contribution < -0.4 is 5.32 Å². The van der Waals surface area contributed by atoms with Gasteiger partial charge in [-0.05, 0) is 48.6 Å². The molecule has 1 unspecified atom stereocenters. The van der Waals surface area contributed by atoms with E-state index in [4.69, 9.17) is 0 Å². The molecule has 1 aromatic carbocycles. The Morgan fingerprint density at radius 3 is 2.70 bits per heavy atom. The maximum absolute atomic E-state index is 12.4. The summed E-state index contributed by atoms with van der Waals surface area (Å²) in [5, 5.41) is 2.75. The number of benzene rings is 1. The first-order chi connectivity index (χ1) is 11.0. The number of pyridine rings is 1. The van der Waals surface area contributed by atoms with Crippen LogP contribution in [0.3, 0.4) is 0 Å². The zero-order valence-corrected chi connectivity index (χ0v) is 13.6. The molecular weight excluding hydrogens is 312 g/mol. The number of hydrogen-bond acceptors (Lipinski definition) is 4. The van der Waals surface area contributed by atoms with Gasteiger partial charge in [0.1, 0.15) is 0 Å². The Labute approximate surface area is 135 Å². The molecule has 2 heterocycles. The fraction of sp³-hybridized carbons (Fsp3) is 0.294. The number of rotatable bonds is 2. The first-order valence-electron chi connectivity index (χ1n) is 7.55. The van der Waals surface area contributed by atoms with E-state index in [-0.39, 0.29) is 17.6 Å². The molecule has 1 aromatic heterocycles. The average molecular weight is 330 g/mol. The van der Waals surface area contributed by atoms with Gasteiger partial charge in [0, 0.05) is 23.6 Å². The van der Waals surface area contributed by atoms with Crippen LogP contribution in [-0.2, 0) is 9.84 Å². The average Bonchev–Trinajstić information content (AvgIpc) is 2.65. The van der Waals surface area contributed by atoms with E-state index in [0.717, 1.165) is 12.0 Å². The van der Waals surface area contributed by atoms with Gasteiger partial charge in [-0.1, -0.05) is 13.0 Å². The van der Waals surface area contributed by atoms with Gasteiger partial charge in [-0.3, -0.25) is 9.78 Å². The fourth-order valence-corrected chi connectivity index (χ4v) is 4.54. The van der Waals surface area contributed by atoms with E-state index in [2.05, 4.69) is 10.3 Å². The van der Waals surface area contributed by atoms with Crippen molar-refractivity contribution >= 4 is 21.4 Å². The van der Waals surface area contributed by atoms with E-state index in [1.54, 1.807) is 36.7 Å². The first-order valence-corrected chi connectivity index (χ1v) is 9.21. The third-order valence-electron chi connectivity index (χ3n) is 4.13. The Morgan fingerprint density at radius 1 is 1.22 bits per heavy atom. The topological polar surface area (TPSA) is 76.1 Å². The van der Waals surface area contributed by atoms with E-state index in [0.29, 0.717) is 22.6 Å². The lowest BCUT2D eigenvalue weighted by atomic mass is 9.95. The van der Waals surface area contributed by atoms with E-state index < -0.39 is 9.84 Å². The summed E-state index contributed by atoms with van der Waals surface area (Å²) in [4.78, 5) is 16.5. The highest BCUT2D eigenvalue weighted by Gasteiger charge is 2.26. The molecular formula is C17H18N2O3S. The second kappa shape index (κ2) is 6.12. The quantitative estimate of drug-likeness (QED) is 0.918. The van der Waals surface area contributed by atoms with Crippen LogP contribution in [0, 0.1) is 0 Å². The zero-order valence-electron chi connectivity index (χ0n) is 12.8. The van der Waals surface area contributed by atoms with Gasteiger partial charge in [0.25, 0.3) is 5.91 Å². The van der Waals surface area contributed by atoms with Crippen molar-refractivity contribution < 1.29 is 13.2 Å². The number of fused-ring (bicyclic) bond motifs is 1. The summed E-state index contributed by atoms with van der Waals surface area (Å²) in [6.45, 7) is 2.02. The fourth-order valence-electron chi connectivity index (χ4n) is 2.84. The van der Waals surface area contributed by atoms with Crippen molar-refractivity contribution in [2.24, 2.45) is 0 Å². The Bertz CT molecular complexity index is 832. The molecule has 0 saturated carbocycles. The number of carbonyl (C=O) groups excluding carboxylic acids is 1. The molecule has 6 heteroatoms. The minimum Gasteiger partial charge on any atom is -0.322 e. The number of aromatic nitrogens is 1. The molecule has 2 aromatic rings. The number of nitrogens with one attached hydrogen (secondary N) is 1. The smallest absolute Gasteiger partial charge is 0.255 e. The van der Waals surface area contributed by atoms with Crippen molar-refractivity contribution in [3.63, 3.8) is 0 Å². The highest BCUT2D eigenvalue weighted by atomic mass is 32.2. The number of nitrogens with zero attached hydrogens (tertiary/aromatic N) is 1. The molecule has 23 heavy (non-hydrogen) atoms. The van der Waals surface area contributed by atoms with Crippen LogP contribution in [0.5, 0.6) is 0 Å². The normalized spacial score (nSPS) is 19.4. The second-order valence-corrected chi connectivity index (χ2v) is 7.88. The van der Waals surface area contributed by atoms with Gasteiger partial charge in [-0.2, -0.15) is 0 Å². The molecule has 1 atom stereocenters. The third-order valence-corrected chi connectivity index (χ3v) is 5.98. The zero-order chi connectivity index (χ0) is 16.4. The van der Waals surface area contributed by atoms with Crippen molar-refractivity contribution in [2.75, 3.05) is 11.1 Å². The number of sulfone groups is 1. The molecule has 0 radical (unpaired) electrons. The predicted octanol–water partition coefficient (Wildman–Crippen LogP) is 3.00. The van der Waals surface area contributed by atoms with Crippen LogP contribution in [-0.4, -0.2) is 25.1 Å². The molecule has 1 N–H and O–H groups in total. The molecule has 1 aliphatic heterocycles. The van der Waals surface area contributed by atoms with Crippen LogP contribution in [0.4, 0.5) is 5.69 Å². The van der Waals surface area contributed by atoms with Crippen molar-refractivity contribution in [1.29, 1.82) is 0 Å². The minimum absolute atomic E-state index is 0.139. The summed E-state index contributed by atoms with van der Waals surface area (Å²) in [5.74, 6) is -0.00886. The Morgan fingerprint density at radius 2 is 1.96 bits per heavy atom. The largest absolute Gasteiger partial charge is 0.322 e. The molecule has 0 saturated heterocycles. The lowest BCUT2D eigenvalue weighted by Crippen LogP contribution is -2.14. The number of carbonyl (C=O) groups is 1. The van der Waals surface area contributed by atoms with E-state index >= 15 is 0 Å². The van der Waals surface area contributed by atoms with E-state index in [1.807, 2.05) is 6.92 Å². The van der Waals surface area contributed by atoms with Gasteiger partial charge in [0.15, 0.2) is 9.84 Å². The highest BCUT2D eigenvalue weighted by molar-refractivity contribution is 7.91. The Balaban J connectivity index is 1.96. The molecule has 0 bridgehead atoms. The van der Waals surface area contributed by atoms with Crippen LogP contribution in [0.1, 0.15) is 41.6 Å². The van der Waals surface area contributed by atoms with Crippen LogP contribution >= 0.6 is 0 Å². The predicted molar refractivity (Wildman–Crippen MR) is 88.3 cm³/mol. The van der Waals surface area contributed by atoms with E-state index in [1.165, 1.54) is 6.07 Å². The Hall–Kier alpha value is -2.21. The van der Waals surface area contributed by atoms with Gasteiger partial charge in [-0.15, -0.1) is 0 Å². The van der Waals surface area contributed by atoms with Gasteiger partial charge in [-0.25, -0.2) is 8.42 Å². The summed E-state index contributed by atoms with van der Waals surface area (Å²) in [5.41, 5.74) is 1.78. The minimum atomic E-state index is -3.33. The van der Waals surface area contributed by atoms with Crippen LogP contribution in [0.2, 0.25) is 0 Å². The maximum atomic E-state index is 12.4. The molecule has 1 aliphatic rings. The molecule has 120 valence electrons. The summed E-state index contributed by atoms with van der Waals surface area (Å²) in [6, 6.07) is 8.32. The number of hydrogen-bond donors (Lipinski definition) is 1. The molecule has 0 spiro atoms. The summed E-state index contributed by atoms with van der Waals surface area (Å²) in [6.07, 6.45) is 4.66. The molecule has 0 fully saturated rings. The van der Waals surface area contributed by atoms with Gasteiger partial charge in [0.2, 0.25) is 0 Å². The molecule has 1 amide bonds. The standard InChI is InChI=1S/C17H18N2O3S/c1-12-3-2-10-23(21,22)16-11-13(4-5-15(12)16)17(20)19-14-6-8-18-9-7-14/h4-9,11-12H,2-3,10H2,1H3,(H,18,19,20). The first kappa shape index (κ1) is 15.7. The monoisotopic (exact) mass is 330 g/mol. The lowest BCUT2D eigenvalue weighted by molar-refractivity contribution is 0.102. The number of amides is 1. The third kappa shape index (κ3) is 3.27. The van der Waals surface area contributed by atoms with Crippen molar-refractivity contribution in [3.05, 3.63) is 53.9 Å². The molecule has 3 rings (SSSR count). The van der Waals surface area contributed by atoms with Gasteiger partial charge in [0.05, 0.1) is 10.6 Å².